The number of aliphatic carboxylic acids is 1. The van der Waals surface area contributed by atoms with Crippen molar-refractivity contribution in [3.05, 3.63) is 16.1 Å². The van der Waals surface area contributed by atoms with Crippen LogP contribution in [-0.2, 0) is 4.79 Å². The summed E-state index contributed by atoms with van der Waals surface area (Å²) < 4.78 is 0. The zero-order valence-corrected chi connectivity index (χ0v) is 10.4. The van der Waals surface area contributed by atoms with E-state index in [1.54, 1.807) is 5.38 Å². The van der Waals surface area contributed by atoms with Crippen LogP contribution in [0.5, 0.6) is 0 Å². The van der Waals surface area contributed by atoms with Gasteiger partial charge in [-0.2, -0.15) is 0 Å². The molecule has 1 aromatic rings. The lowest BCUT2D eigenvalue weighted by molar-refractivity contribution is -0.143. The van der Waals surface area contributed by atoms with Gasteiger partial charge in [0.1, 0.15) is 11.7 Å². The summed E-state index contributed by atoms with van der Waals surface area (Å²) in [5, 5.41) is 11.6. The van der Waals surface area contributed by atoms with Crippen molar-refractivity contribution < 1.29 is 14.7 Å². The standard InChI is InChI=1S/C11H14N2O3S/c1-7-12-8(6-17-7)10(14)13-5-3-2-4-9(13)11(15)16/h6,9H,2-5H2,1H3,(H,15,16)/t9-/m0/s1. The van der Waals surface area contributed by atoms with Crippen LogP contribution in [0, 0.1) is 6.92 Å². The number of aromatic nitrogens is 1. The molecule has 0 radical (unpaired) electrons. The second-order valence-electron chi connectivity index (χ2n) is 4.10. The molecule has 0 aliphatic carbocycles. The van der Waals surface area contributed by atoms with Gasteiger partial charge in [-0.25, -0.2) is 9.78 Å². The molecule has 1 aliphatic rings. The maximum atomic E-state index is 12.1. The van der Waals surface area contributed by atoms with Gasteiger partial charge in [-0.3, -0.25) is 4.79 Å². The molecule has 0 aromatic carbocycles. The van der Waals surface area contributed by atoms with Gasteiger partial charge in [0.25, 0.3) is 5.91 Å². The minimum atomic E-state index is -0.926. The highest BCUT2D eigenvalue weighted by Crippen LogP contribution is 2.20. The Bertz CT molecular complexity index is 444. The highest BCUT2D eigenvalue weighted by molar-refractivity contribution is 7.09. The Morgan fingerprint density at radius 3 is 2.88 bits per heavy atom. The quantitative estimate of drug-likeness (QED) is 0.869. The fraction of sp³-hybridized carbons (Fsp3) is 0.545. The van der Waals surface area contributed by atoms with E-state index in [0.29, 0.717) is 18.7 Å². The van der Waals surface area contributed by atoms with Crippen LogP contribution in [0.4, 0.5) is 0 Å². The second kappa shape index (κ2) is 4.83. The molecule has 1 atom stereocenters. The minimum absolute atomic E-state index is 0.263. The molecule has 92 valence electrons. The Hall–Kier alpha value is -1.43. The van der Waals surface area contributed by atoms with Gasteiger partial charge in [0.15, 0.2) is 0 Å². The highest BCUT2D eigenvalue weighted by Gasteiger charge is 2.33. The predicted octanol–water partition coefficient (Wildman–Crippen LogP) is 1.53. The van der Waals surface area contributed by atoms with Crippen LogP contribution in [0.15, 0.2) is 5.38 Å². The summed E-state index contributed by atoms with van der Waals surface area (Å²) in [6, 6.07) is -0.696. The third-order valence-electron chi connectivity index (χ3n) is 2.89. The van der Waals surface area contributed by atoms with Crippen LogP contribution in [0.3, 0.4) is 0 Å². The van der Waals surface area contributed by atoms with Crippen molar-refractivity contribution in [2.24, 2.45) is 0 Å². The van der Waals surface area contributed by atoms with Crippen molar-refractivity contribution in [1.29, 1.82) is 0 Å². The molecule has 5 nitrogen and oxygen atoms in total. The molecule has 1 amide bonds. The summed E-state index contributed by atoms with van der Waals surface area (Å²) >= 11 is 1.40. The fourth-order valence-corrected chi connectivity index (χ4v) is 2.63. The van der Waals surface area contributed by atoms with E-state index in [4.69, 9.17) is 5.11 Å². The molecule has 17 heavy (non-hydrogen) atoms. The second-order valence-corrected chi connectivity index (χ2v) is 5.16. The van der Waals surface area contributed by atoms with Crippen LogP contribution in [0.2, 0.25) is 0 Å². The largest absolute Gasteiger partial charge is 0.480 e. The van der Waals surface area contributed by atoms with E-state index < -0.39 is 12.0 Å². The van der Waals surface area contributed by atoms with Gasteiger partial charge < -0.3 is 10.0 Å². The first-order chi connectivity index (χ1) is 8.09. The molecule has 0 spiro atoms. The Kier molecular flexibility index (Phi) is 3.42. The predicted molar refractivity (Wildman–Crippen MR) is 63.2 cm³/mol. The van der Waals surface area contributed by atoms with Gasteiger partial charge in [-0.1, -0.05) is 0 Å². The van der Waals surface area contributed by atoms with E-state index >= 15 is 0 Å². The summed E-state index contributed by atoms with van der Waals surface area (Å²) in [6.07, 6.45) is 2.25. The summed E-state index contributed by atoms with van der Waals surface area (Å²) in [5.74, 6) is -1.19. The molecular formula is C11H14N2O3S. The highest BCUT2D eigenvalue weighted by atomic mass is 32.1. The maximum Gasteiger partial charge on any atom is 0.326 e. The monoisotopic (exact) mass is 254 g/mol. The van der Waals surface area contributed by atoms with E-state index in [2.05, 4.69) is 4.98 Å². The van der Waals surface area contributed by atoms with Gasteiger partial charge in [0, 0.05) is 11.9 Å². The van der Waals surface area contributed by atoms with Crippen molar-refractivity contribution in [2.75, 3.05) is 6.54 Å². The van der Waals surface area contributed by atoms with E-state index in [9.17, 15) is 9.59 Å². The molecule has 0 unspecified atom stereocenters. The number of rotatable bonds is 2. The lowest BCUT2D eigenvalue weighted by atomic mass is 10.0. The van der Waals surface area contributed by atoms with E-state index in [-0.39, 0.29) is 5.91 Å². The molecule has 1 aliphatic heterocycles. The number of thiazole rings is 1. The Morgan fingerprint density at radius 1 is 1.53 bits per heavy atom. The number of nitrogens with zero attached hydrogens (tertiary/aromatic N) is 2. The molecule has 1 saturated heterocycles. The van der Waals surface area contributed by atoms with Crippen LogP contribution in [-0.4, -0.2) is 39.5 Å². The number of hydrogen-bond donors (Lipinski definition) is 1. The zero-order valence-electron chi connectivity index (χ0n) is 9.55. The van der Waals surface area contributed by atoms with Gasteiger partial charge in [-0.05, 0) is 26.2 Å². The van der Waals surface area contributed by atoms with E-state index in [0.717, 1.165) is 17.8 Å². The number of carboxylic acid groups (broad SMARTS) is 1. The summed E-state index contributed by atoms with van der Waals surface area (Å²) in [5.41, 5.74) is 0.362. The fourth-order valence-electron chi connectivity index (χ4n) is 2.04. The van der Waals surface area contributed by atoms with Crippen LogP contribution < -0.4 is 0 Å². The number of aryl methyl sites for hydroxylation is 1. The van der Waals surface area contributed by atoms with Crippen LogP contribution >= 0.6 is 11.3 Å². The zero-order chi connectivity index (χ0) is 12.4. The average molecular weight is 254 g/mol. The third-order valence-corrected chi connectivity index (χ3v) is 3.66. The Morgan fingerprint density at radius 2 is 2.29 bits per heavy atom. The molecule has 1 N–H and O–H groups in total. The topological polar surface area (TPSA) is 70.5 Å². The molecule has 1 fully saturated rings. The van der Waals surface area contributed by atoms with Crippen molar-refractivity contribution in [3.8, 4) is 0 Å². The van der Waals surface area contributed by atoms with Crippen LogP contribution in [0.25, 0.3) is 0 Å². The number of carboxylic acids is 1. The van der Waals surface area contributed by atoms with E-state index in [1.807, 2.05) is 6.92 Å². The number of hydrogen-bond acceptors (Lipinski definition) is 4. The first-order valence-corrected chi connectivity index (χ1v) is 6.43. The molecular weight excluding hydrogens is 240 g/mol. The third kappa shape index (κ3) is 2.46. The molecule has 1 aromatic heterocycles. The van der Waals surface area contributed by atoms with Crippen LogP contribution in [0.1, 0.15) is 34.8 Å². The molecule has 0 saturated carbocycles. The number of carbonyl (C=O) groups excluding carboxylic acids is 1. The van der Waals surface area contributed by atoms with Gasteiger partial charge in [0.2, 0.25) is 0 Å². The van der Waals surface area contributed by atoms with Crippen molar-refractivity contribution in [2.45, 2.75) is 32.2 Å². The summed E-state index contributed by atoms with van der Waals surface area (Å²) in [4.78, 5) is 28.8. The lowest BCUT2D eigenvalue weighted by Gasteiger charge is -2.32. The SMILES string of the molecule is Cc1nc(C(=O)N2CCCC[C@H]2C(=O)O)cs1. The molecule has 0 bridgehead atoms. The first-order valence-electron chi connectivity index (χ1n) is 5.55. The van der Waals surface area contributed by atoms with E-state index in [1.165, 1.54) is 16.2 Å². The van der Waals surface area contributed by atoms with Crippen molar-refractivity contribution in [3.63, 3.8) is 0 Å². The minimum Gasteiger partial charge on any atom is -0.480 e. The van der Waals surface area contributed by atoms with Crippen molar-refractivity contribution in [1.82, 2.24) is 9.88 Å². The molecule has 2 rings (SSSR count). The Labute approximate surface area is 103 Å². The maximum absolute atomic E-state index is 12.1. The van der Waals surface area contributed by atoms with Gasteiger partial charge in [-0.15, -0.1) is 11.3 Å². The van der Waals surface area contributed by atoms with Gasteiger partial charge in [0.05, 0.1) is 5.01 Å². The number of likely N-dealkylation sites (tertiary alicyclic amines) is 1. The summed E-state index contributed by atoms with van der Waals surface area (Å²) in [6.45, 7) is 2.33. The summed E-state index contributed by atoms with van der Waals surface area (Å²) in [7, 11) is 0. The Balaban J connectivity index is 2.19. The molecule has 6 heteroatoms. The first kappa shape index (κ1) is 12.0. The number of carbonyl (C=O) groups is 2. The number of amides is 1. The van der Waals surface area contributed by atoms with Gasteiger partial charge >= 0.3 is 5.97 Å². The van der Waals surface area contributed by atoms with Crippen molar-refractivity contribution >= 4 is 23.2 Å². The number of piperidine rings is 1. The molecule has 2 heterocycles. The average Bonchev–Trinajstić information content (AvgIpc) is 2.75. The normalized spacial score (nSPS) is 20.3. The smallest absolute Gasteiger partial charge is 0.326 e. The lowest BCUT2D eigenvalue weighted by Crippen LogP contribution is -2.48.